The third-order valence-electron chi connectivity index (χ3n) is 0. The molecule has 0 aromatic carbocycles. The summed E-state index contributed by atoms with van der Waals surface area (Å²) in [5.41, 5.74) is 0. The Hall–Kier alpha value is 2.81. The molecule has 0 aliphatic rings. The van der Waals surface area contributed by atoms with E-state index in [1.807, 2.05) is 0 Å². The Bertz CT molecular complexity index is 39.6. The molecule has 0 aliphatic heterocycles. The fourth-order valence-electron chi connectivity index (χ4n) is 0. The molecule has 0 N–H and O–H groups in total. The summed E-state index contributed by atoms with van der Waals surface area (Å²) in [4.78, 5) is 34.3. The summed E-state index contributed by atoms with van der Waals surface area (Å²) in [5, 5.41) is 0. The first kappa shape index (κ1) is 74.8. The minimum Gasteiger partial charge on any atom is -0.894 e. The minimum atomic E-state index is -5.61. The summed E-state index contributed by atoms with van der Waals surface area (Å²) >= 11 is 0. The molecule has 0 saturated carbocycles. The Balaban J connectivity index is -0.00000000286. The van der Waals surface area contributed by atoms with Gasteiger partial charge in [0.2, 0.25) is 0 Å². The van der Waals surface area contributed by atoms with Gasteiger partial charge in [0.05, 0.1) is 0 Å². The van der Waals surface area contributed by atoms with Crippen LogP contribution >= 0.6 is 0 Å². The molecule has 0 bridgehead atoms. The van der Waals surface area contributed by atoms with Crippen molar-refractivity contribution in [1.29, 1.82) is 0 Å². The summed E-state index contributed by atoms with van der Waals surface area (Å²) in [6.07, 6.45) is 0. The van der Waals surface area contributed by atoms with Crippen LogP contribution in [0.2, 0.25) is 0 Å². The predicted molar refractivity (Wildman–Crippen MR) is 28.8 cm³/mol. The molecule has 0 heterocycles. The third kappa shape index (κ3) is 308. The van der Waals surface area contributed by atoms with Crippen LogP contribution in [0, 0.1) is 0 Å². The average Bonchev–Trinajstić information content (AvgIpc) is 0.722. The molecule has 0 rings (SSSR count). The number of hydrogen-bond donors (Lipinski definition) is 0. The van der Waals surface area contributed by atoms with E-state index in [-0.39, 0.29) is 112 Å². The molecular weight excluding hydrogens is 397 g/mol. The maximum Gasteiger partial charge on any atom is 0 e. The van der Waals surface area contributed by atoms with Crippen LogP contribution in [0.25, 0.3) is 0 Å². The van der Waals surface area contributed by atoms with Crippen molar-refractivity contribution in [1.82, 2.24) is 0 Å². The Kier molecular flexibility index (Phi) is 209. The van der Waals surface area contributed by atoms with Gasteiger partial charge in [-0.1, -0.05) is 0 Å². The minimum absolute atomic E-state index is 0. The van der Waals surface area contributed by atoms with Crippen LogP contribution in [0.4, 0.5) is 0 Å². The van der Waals surface area contributed by atoms with Crippen LogP contribution in [-0.2, 0) is 77.9 Å². The SMILES string of the molecule is [B].[B].[B].[B].[O-][Si]([O-])([O-])[O-].[Zn].[Zn].[Zn].[Zn]. The van der Waals surface area contributed by atoms with Crippen LogP contribution in [0.5, 0.6) is 0 Å². The van der Waals surface area contributed by atoms with Crippen LogP contribution in [0.1, 0.15) is 0 Å². The zero-order valence-corrected chi connectivity index (χ0v) is 20.1. The van der Waals surface area contributed by atoms with Gasteiger partial charge in [0.25, 0.3) is 0 Å². The van der Waals surface area contributed by atoms with Gasteiger partial charge >= 0.3 is 0 Å². The van der Waals surface area contributed by atoms with Crippen LogP contribution in [0.3, 0.4) is 0 Å². The fourth-order valence-corrected chi connectivity index (χ4v) is 0. The van der Waals surface area contributed by atoms with Gasteiger partial charge in [-0.15, -0.1) is 0 Å². The molecule has 0 aliphatic carbocycles. The molecular formula is B4O4SiZn4-4. The molecule has 0 fully saturated rings. The van der Waals surface area contributed by atoms with Crippen molar-refractivity contribution in [3.8, 4) is 0 Å². The number of hydrogen-bond acceptors (Lipinski definition) is 4. The monoisotopic (exact) mass is 392 g/mol. The van der Waals surface area contributed by atoms with Gasteiger partial charge in [-0.25, -0.2) is 0 Å². The predicted octanol–water partition coefficient (Wildman–Crippen LogP) is -6.67. The van der Waals surface area contributed by atoms with E-state index in [2.05, 4.69) is 0 Å². The molecule has 0 aromatic rings. The molecule has 0 spiro atoms. The van der Waals surface area contributed by atoms with E-state index in [1.54, 1.807) is 0 Å². The molecule has 12 radical (unpaired) electrons. The molecule has 13 heteroatoms. The van der Waals surface area contributed by atoms with Crippen LogP contribution < -0.4 is 19.2 Å². The summed E-state index contributed by atoms with van der Waals surface area (Å²) in [5.74, 6) is 0. The molecule has 0 unspecified atom stereocenters. The van der Waals surface area contributed by atoms with Crippen molar-refractivity contribution in [3.63, 3.8) is 0 Å². The Morgan fingerprint density at radius 1 is 0.462 bits per heavy atom. The van der Waals surface area contributed by atoms with Gasteiger partial charge < -0.3 is 28.2 Å². The standard InChI is InChI=1S/4B.O4Si.4Zn/c;;;;1-5(2,3)4;;;;/q;;;;-4;;;;. The van der Waals surface area contributed by atoms with E-state index in [0.717, 1.165) is 0 Å². The van der Waals surface area contributed by atoms with E-state index >= 15 is 0 Å². The van der Waals surface area contributed by atoms with Crippen LogP contribution in [0.15, 0.2) is 0 Å². The van der Waals surface area contributed by atoms with Gasteiger partial charge in [-0.3, -0.25) is 0 Å². The van der Waals surface area contributed by atoms with Crippen molar-refractivity contribution in [3.05, 3.63) is 0 Å². The van der Waals surface area contributed by atoms with E-state index in [9.17, 15) is 0 Å². The molecule has 52 valence electrons. The summed E-state index contributed by atoms with van der Waals surface area (Å²) < 4.78 is 0. The zero-order valence-electron chi connectivity index (χ0n) is 7.27. The summed E-state index contributed by atoms with van der Waals surface area (Å²) in [7, 11) is -5.61. The van der Waals surface area contributed by atoms with Gasteiger partial charge in [0.1, 0.15) is 0 Å². The quantitative estimate of drug-likeness (QED) is 0.380. The normalized spacial score (nSPS) is 4.62. The summed E-state index contributed by atoms with van der Waals surface area (Å²) in [6, 6.07) is 0. The first-order valence-corrected chi connectivity index (χ1v) is 2.45. The molecule has 0 saturated heterocycles. The molecule has 0 amide bonds. The zero-order chi connectivity index (χ0) is 4.50. The topological polar surface area (TPSA) is 92.2 Å². The second-order valence-corrected chi connectivity index (χ2v) is 1.50. The van der Waals surface area contributed by atoms with Crippen molar-refractivity contribution in [2.24, 2.45) is 0 Å². The van der Waals surface area contributed by atoms with Crippen molar-refractivity contribution in [2.45, 2.75) is 0 Å². The number of rotatable bonds is 0. The van der Waals surface area contributed by atoms with Gasteiger partial charge in [-0.05, 0) is 0 Å². The summed E-state index contributed by atoms with van der Waals surface area (Å²) in [6.45, 7) is 0. The second-order valence-electron chi connectivity index (χ2n) is 0.500. The fraction of sp³-hybridized carbons (Fsp3) is 0. The molecule has 4 nitrogen and oxygen atoms in total. The van der Waals surface area contributed by atoms with E-state index in [0.29, 0.717) is 0 Å². The maximum atomic E-state index is 8.58. The van der Waals surface area contributed by atoms with Gasteiger partial charge in [0, 0.05) is 112 Å². The smallest absolute Gasteiger partial charge is 0 e. The maximum absolute atomic E-state index is 8.58. The van der Waals surface area contributed by atoms with E-state index in [4.69, 9.17) is 19.2 Å². The van der Waals surface area contributed by atoms with E-state index in [1.165, 1.54) is 0 Å². The Labute approximate surface area is 138 Å². The van der Waals surface area contributed by atoms with E-state index < -0.39 is 9.05 Å². The first-order chi connectivity index (χ1) is 2.00. The Morgan fingerprint density at radius 2 is 0.462 bits per heavy atom. The Morgan fingerprint density at radius 3 is 0.462 bits per heavy atom. The van der Waals surface area contributed by atoms with Gasteiger partial charge in [-0.2, -0.15) is 0 Å². The first-order valence-electron chi connectivity index (χ1n) is 0.816. The van der Waals surface area contributed by atoms with Crippen molar-refractivity contribution < 1.29 is 97.1 Å². The van der Waals surface area contributed by atoms with Crippen LogP contribution in [-0.4, -0.2) is 42.7 Å². The third-order valence-corrected chi connectivity index (χ3v) is 0. The van der Waals surface area contributed by atoms with Gasteiger partial charge in [0.15, 0.2) is 0 Å². The average molecular weight is 397 g/mol. The second kappa shape index (κ2) is 36.4. The molecule has 0 aromatic heterocycles. The van der Waals surface area contributed by atoms with Crippen molar-refractivity contribution >= 4 is 42.7 Å². The molecule has 0 atom stereocenters. The van der Waals surface area contributed by atoms with Crippen molar-refractivity contribution in [2.75, 3.05) is 0 Å². The molecule has 13 heavy (non-hydrogen) atoms. The largest absolute Gasteiger partial charge is 0.894 e.